The molecule has 0 saturated carbocycles. The first-order valence-electron chi connectivity index (χ1n) is 6.41. The van der Waals surface area contributed by atoms with Crippen molar-refractivity contribution in [1.82, 2.24) is 24.8 Å². The van der Waals surface area contributed by atoms with E-state index in [9.17, 15) is 18.4 Å². The van der Waals surface area contributed by atoms with Crippen molar-refractivity contribution in [1.29, 1.82) is 0 Å². The zero-order valence-electron chi connectivity index (χ0n) is 12.0. The van der Waals surface area contributed by atoms with Crippen LogP contribution in [0.3, 0.4) is 0 Å². The summed E-state index contributed by atoms with van der Waals surface area (Å²) in [7, 11) is 3.05. The molecule has 0 saturated heterocycles. The number of hydrogen-bond donors (Lipinski definition) is 1. The first-order valence-corrected chi connectivity index (χ1v) is 7.23. The number of fused-ring (bicyclic) bond motifs is 1. The molecule has 3 aromatic heterocycles. The number of carbonyl (C=O) groups excluding carboxylic acids is 1. The van der Waals surface area contributed by atoms with E-state index in [0.29, 0.717) is 9.71 Å². The Morgan fingerprint density at radius 2 is 2.30 bits per heavy atom. The molecule has 0 radical (unpaired) electrons. The fraction of sp³-hybridized carbons (Fsp3) is 0.333. The van der Waals surface area contributed by atoms with Gasteiger partial charge < -0.3 is 4.90 Å². The van der Waals surface area contributed by atoms with Crippen LogP contribution in [0.2, 0.25) is 0 Å². The molecule has 0 atom stereocenters. The highest BCUT2D eigenvalue weighted by Gasteiger charge is 2.23. The topological polar surface area (TPSA) is 97.0 Å². The molecule has 3 aromatic rings. The van der Waals surface area contributed by atoms with E-state index in [4.69, 9.17) is 0 Å². The third kappa shape index (κ3) is 2.74. The molecular formula is C12H11F2N5O3S. The number of carbonyl (C=O) groups is 1. The lowest BCUT2D eigenvalue weighted by atomic mass is 10.3. The number of aromatic amines is 1. The molecule has 1 amide bonds. The lowest BCUT2D eigenvalue weighted by Crippen LogP contribution is -2.26. The molecule has 0 aliphatic carbocycles. The summed E-state index contributed by atoms with van der Waals surface area (Å²) >= 11 is 1.07. The van der Waals surface area contributed by atoms with Crippen LogP contribution in [0.25, 0.3) is 10.2 Å². The first-order chi connectivity index (χ1) is 10.9. The third-order valence-electron chi connectivity index (χ3n) is 3.18. The lowest BCUT2D eigenvalue weighted by Gasteiger charge is -2.13. The third-order valence-corrected chi connectivity index (χ3v) is 4.37. The number of aryl methyl sites for hydroxylation is 1. The maximum absolute atomic E-state index is 13.0. The normalized spacial score (nSPS) is 11.5. The van der Waals surface area contributed by atoms with Crippen LogP contribution < -0.4 is 5.76 Å². The molecule has 0 unspecified atom stereocenters. The van der Waals surface area contributed by atoms with Crippen LogP contribution in [0, 0.1) is 0 Å². The Kier molecular flexibility index (Phi) is 3.72. The van der Waals surface area contributed by atoms with E-state index in [1.165, 1.54) is 22.7 Å². The molecule has 0 aromatic carbocycles. The Morgan fingerprint density at radius 1 is 1.57 bits per heavy atom. The summed E-state index contributed by atoms with van der Waals surface area (Å²) in [6, 6.07) is 1.40. The van der Waals surface area contributed by atoms with Gasteiger partial charge in [0.1, 0.15) is 10.5 Å². The second-order valence-corrected chi connectivity index (χ2v) is 5.87. The minimum Gasteiger partial charge on any atom is -0.333 e. The summed E-state index contributed by atoms with van der Waals surface area (Å²) < 4.78 is 31.6. The highest BCUT2D eigenvalue weighted by molar-refractivity contribution is 7.20. The fourth-order valence-corrected chi connectivity index (χ4v) is 3.22. The van der Waals surface area contributed by atoms with E-state index in [2.05, 4.69) is 19.8 Å². The van der Waals surface area contributed by atoms with Crippen LogP contribution in [0.4, 0.5) is 8.78 Å². The SMILES string of the molecule is CN(Cc1noc(=O)[nH]1)C(=O)c1cc2c(C(F)F)nn(C)c2s1. The number of amides is 1. The van der Waals surface area contributed by atoms with Gasteiger partial charge >= 0.3 is 5.76 Å². The molecular weight excluding hydrogens is 332 g/mol. The van der Waals surface area contributed by atoms with Gasteiger partial charge in [-0.3, -0.25) is 19.0 Å². The zero-order valence-corrected chi connectivity index (χ0v) is 12.9. The van der Waals surface area contributed by atoms with E-state index in [0.717, 1.165) is 11.3 Å². The van der Waals surface area contributed by atoms with Gasteiger partial charge in [-0.1, -0.05) is 5.16 Å². The highest BCUT2D eigenvalue weighted by atomic mass is 32.1. The number of hydrogen-bond acceptors (Lipinski definition) is 6. The summed E-state index contributed by atoms with van der Waals surface area (Å²) in [5.41, 5.74) is -0.346. The van der Waals surface area contributed by atoms with Crippen molar-refractivity contribution in [3.05, 3.63) is 33.0 Å². The van der Waals surface area contributed by atoms with Crippen molar-refractivity contribution in [3.63, 3.8) is 0 Å². The summed E-state index contributed by atoms with van der Waals surface area (Å²) in [6.07, 6.45) is -2.71. The zero-order chi connectivity index (χ0) is 16.7. The molecule has 0 bridgehead atoms. The average molecular weight is 343 g/mol. The van der Waals surface area contributed by atoms with Gasteiger partial charge in [-0.25, -0.2) is 13.6 Å². The fourth-order valence-electron chi connectivity index (χ4n) is 2.15. The van der Waals surface area contributed by atoms with Crippen molar-refractivity contribution >= 4 is 27.5 Å². The molecule has 3 rings (SSSR count). The second-order valence-electron chi connectivity index (χ2n) is 4.84. The number of nitrogens with zero attached hydrogens (tertiary/aromatic N) is 4. The van der Waals surface area contributed by atoms with Gasteiger partial charge in [0.25, 0.3) is 12.3 Å². The van der Waals surface area contributed by atoms with Crippen LogP contribution >= 0.6 is 11.3 Å². The van der Waals surface area contributed by atoms with E-state index >= 15 is 0 Å². The van der Waals surface area contributed by atoms with Crippen LogP contribution in [-0.4, -0.2) is 37.8 Å². The van der Waals surface area contributed by atoms with Crippen molar-refractivity contribution in [3.8, 4) is 0 Å². The summed E-state index contributed by atoms with van der Waals surface area (Å²) in [4.78, 5) is 27.7. The Morgan fingerprint density at radius 3 is 2.91 bits per heavy atom. The van der Waals surface area contributed by atoms with E-state index < -0.39 is 12.2 Å². The van der Waals surface area contributed by atoms with Gasteiger partial charge in [-0.05, 0) is 6.07 Å². The van der Waals surface area contributed by atoms with Crippen molar-refractivity contribution in [2.75, 3.05) is 7.05 Å². The Hall–Kier alpha value is -2.56. The summed E-state index contributed by atoms with van der Waals surface area (Å²) in [5.74, 6) is -0.896. The predicted octanol–water partition coefficient (Wildman–Crippen LogP) is 1.52. The molecule has 11 heteroatoms. The number of halogens is 2. The Bertz CT molecular complexity index is 925. The molecule has 23 heavy (non-hydrogen) atoms. The van der Waals surface area contributed by atoms with Gasteiger partial charge in [0, 0.05) is 19.5 Å². The molecule has 0 fully saturated rings. The summed E-state index contributed by atoms with van der Waals surface area (Å²) in [5, 5.41) is 7.49. The maximum Gasteiger partial charge on any atom is 0.438 e. The van der Waals surface area contributed by atoms with Crippen LogP contribution in [-0.2, 0) is 13.6 Å². The highest BCUT2D eigenvalue weighted by Crippen LogP contribution is 2.33. The minimum absolute atomic E-state index is 0.0266. The largest absolute Gasteiger partial charge is 0.438 e. The van der Waals surface area contributed by atoms with Crippen LogP contribution in [0.15, 0.2) is 15.4 Å². The van der Waals surface area contributed by atoms with Crippen molar-refractivity contribution in [2.45, 2.75) is 13.0 Å². The molecule has 3 heterocycles. The number of H-pyrrole nitrogens is 1. The predicted molar refractivity (Wildman–Crippen MR) is 76.5 cm³/mol. The standard InChI is InChI=1S/C12H11F2N5O3S/c1-18(4-7-15-12(21)22-17-7)10(20)6-3-5-8(9(13)14)16-19(2)11(5)23-6/h3,9H,4H2,1-2H3,(H,15,17,21). The van der Waals surface area contributed by atoms with Gasteiger partial charge in [0.2, 0.25) is 0 Å². The molecule has 0 aliphatic heterocycles. The maximum atomic E-state index is 13.0. The summed E-state index contributed by atoms with van der Waals surface area (Å²) in [6.45, 7) is 0.0266. The smallest absolute Gasteiger partial charge is 0.333 e. The van der Waals surface area contributed by atoms with E-state index in [1.54, 1.807) is 7.05 Å². The lowest BCUT2D eigenvalue weighted by molar-refractivity contribution is 0.0785. The first kappa shape index (κ1) is 15.3. The van der Waals surface area contributed by atoms with Gasteiger partial charge in [-0.15, -0.1) is 11.3 Å². The average Bonchev–Trinajstić information content (AvgIpc) is 3.15. The number of alkyl halides is 2. The number of thiophene rings is 1. The molecule has 0 aliphatic rings. The van der Waals surface area contributed by atoms with Gasteiger partial charge in [0.05, 0.1) is 11.4 Å². The van der Waals surface area contributed by atoms with Crippen LogP contribution in [0.1, 0.15) is 27.6 Å². The minimum atomic E-state index is -2.71. The van der Waals surface area contributed by atoms with Crippen molar-refractivity contribution in [2.24, 2.45) is 7.05 Å². The quantitative estimate of drug-likeness (QED) is 0.775. The van der Waals surface area contributed by atoms with Crippen molar-refractivity contribution < 1.29 is 18.1 Å². The van der Waals surface area contributed by atoms with Gasteiger partial charge in [-0.2, -0.15) is 5.10 Å². The number of aromatic nitrogens is 4. The van der Waals surface area contributed by atoms with Crippen LogP contribution in [0.5, 0.6) is 0 Å². The van der Waals surface area contributed by atoms with E-state index in [1.807, 2.05) is 0 Å². The molecule has 122 valence electrons. The molecule has 0 spiro atoms. The van der Waals surface area contributed by atoms with E-state index in [-0.39, 0.29) is 29.4 Å². The monoisotopic (exact) mass is 343 g/mol. The van der Waals surface area contributed by atoms with Gasteiger partial charge in [0.15, 0.2) is 5.82 Å². The Balaban J connectivity index is 1.88. The number of rotatable bonds is 4. The molecule has 8 nitrogen and oxygen atoms in total. The Labute approximate surface area is 131 Å². The second kappa shape index (κ2) is 5.57. The molecule has 1 N–H and O–H groups in total. The number of nitrogens with one attached hydrogen (secondary N) is 1.